The number of carbonyl (C=O) groups is 2. The molecule has 1 atom stereocenters. The molecule has 0 spiro atoms. The van der Waals surface area contributed by atoms with Crippen LogP contribution in [0, 0.1) is 0 Å². The molecule has 1 aromatic rings. The third kappa shape index (κ3) is 6.46. The highest BCUT2D eigenvalue weighted by Crippen LogP contribution is 2.14. The molecule has 1 aromatic carbocycles. The van der Waals surface area contributed by atoms with Gasteiger partial charge in [-0.1, -0.05) is 12.1 Å². The highest BCUT2D eigenvalue weighted by Gasteiger charge is 2.18. The SMILES string of the molecule is Cl.O=C(CC1CSCCN1)Nc1ccc(CC(=O)N2CCOCC2)cc1. The fraction of sp³-hybridized carbons (Fsp3) is 0.556. The normalized spacial score (nSPS) is 20.2. The lowest BCUT2D eigenvalue weighted by Crippen LogP contribution is -2.41. The van der Waals surface area contributed by atoms with Crippen LogP contribution in [0.5, 0.6) is 0 Å². The van der Waals surface area contributed by atoms with Crippen LogP contribution in [-0.4, -0.2) is 67.1 Å². The number of halogens is 1. The average Bonchev–Trinajstić information content (AvgIpc) is 2.65. The second-order valence-corrected chi connectivity index (χ2v) is 7.49. The molecule has 0 aromatic heterocycles. The van der Waals surface area contributed by atoms with Crippen molar-refractivity contribution in [3.05, 3.63) is 29.8 Å². The number of nitrogens with zero attached hydrogens (tertiary/aromatic N) is 1. The Balaban J connectivity index is 0.00000243. The number of hydrogen-bond donors (Lipinski definition) is 2. The fourth-order valence-corrected chi connectivity index (χ4v) is 3.94. The van der Waals surface area contributed by atoms with Gasteiger partial charge in [0.05, 0.1) is 19.6 Å². The summed E-state index contributed by atoms with van der Waals surface area (Å²) >= 11 is 1.88. The van der Waals surface area contributed by atoms with Crippen LogP contribution in [0.25, 0.3) is 0 Å². The smallest absolute Gasteiger partial charge is 0.227 e. The quantitative estimate of drug-likeness (QED) is 0.786. The number of carbonyl (C=O) groups excluding carboxylic acids is 2. The molecule has 1 unspecified atom stereocenters. The van der Waals surface area contributed by atoms with E-state index in [0.29, 0.717) is 39.1 Å². The standard InChI is InChI=1S/C18H25N3O3S.ClH/c22-17(12-16-13-25-10-5-19-16)20-15-3-1-14(2-4-15)11-18(23)21-6-8-24-9-7-21;/h1-4,16,19H,5-13H2,(H,20,22);1H. The van der Waals surface area contributed by atoms with E-state index < -0.39 is 0 Å². The molecule has 2 N–H and O–H groups in total. The van der Waals surface area contributed by atoms with Crippen LogP contribution < -0.4 is 10.6 Å². The minimum Gasteiger partial charge on any atom is -0.378 e. The van der Waals surface area contributed by atoms with E-state index in [2.05, 4.69) is 10.6 Å². The van der Waals surface area contributed by atoms with Crippen LogP contribution in [0.2, 0.25) is 0 Å². The summed E-state index contributed by atoms with van der Waals surface area (Å²) in [4.78, 5) is 26.2. The predicted molar refractivity (Wildman–Crippen MR) is 107 cm³/mol. The largest absolute Gasteiger partial charge is 0.378 e. The van der Waals surface area contributed by atoms with E-state index in [9.17, 15) is 9.59 Å². The lowest BCUT2D eigenvalue weighted by molar-refractivity contribution is -0.134. The van der Waals surface area contributed by atoms with Gasteiger partial charge in [0.1, 0.15) is 0 Å². The summed E-state index contributed by atoms with van der Waals surface area (Å²) in [6.07, 6.45) is 0.877. The van der Waals surface area contributed by atoms with Crippen LogP contribution in [-0.2, 0) is 20.7 Å². The molecule has 2 heterocycles. The molecule has 0 aliphatic carbocycles. The summed E-state index contributed by atoms with van der Waals surface area (Å²) in [6, 6.07) is 7.79. The number of ether oxygens (including phenoxy) is 1. The second kappa shape index (κ2) is 10.8. The number of morpholine rings is 1. The summed E-state index contributed by atoms with van der Waals surface area (Å²) in [7, 11) is 0. The Morgan fingerprint density at radius 2 is 1.96 bits per heavy atom. The van der Waals surface area contributed by atoms with Gasteiger partial charge in [-0.15, -0.1) is 12.4 Å². The zero-order valence-corrected chi connectivity index (χ0v) is 16.4. The van der Waals surface area contributed by atoms with Gasteiger partial charge < -0.3 is 20.3 Å². The van der Waals surface area contributed by atoms with E-state index >= 15 is 0 Å². The Labute approximate surface area is 164 Å². The zero-order valence-electron chi connectivity index (χ0n) is 14.7. The molecule has 2 fully saturated rings. The average molecular weight is 400 g/mol. The van der Waals surface area contributed by atoms with E-state index in [0.717, 1.165) is 29.3 Å². The van der Waals surface area contributed by atoms with Crippen molar-refractivity contribution >= 4 is 41.7 Å². The summed E-state index contributed by atoms with van der Waals surface area (Å²) in [5.41, 5.74) is 1.73. The Hall–Kier alpha value is -1.28. The molecule has 3 rings (SSSR count). The zero-order chi connectivity index (χ0) is 17.5. The number of thioether (sulfide) groups is 1. The van der Waals surface area contributed by atoms with Crippen LogP contribution >= 0.6 is 24.2 Å². The number of amides is 2. The second-order valence-electron chi connectivity index (χ2n) is 6.35. The third-order valence-corrected chi connectivity index (χ3v) is 5.52. The highest BCUT2D eigenvalue weighted by molar-refractivity contribution is 7.99. The molecule has 2 aliphatic heterocycles. The molecule has 2 saturated heterocycles. The first-order chi connectivity index (χ1) is 12.2. The monoisotopic (exact) mass is 399 g/mol. The molecule has 2 amide bonds. The Morgan fingerprint density at radius 1 is 1.23 bits per heavy atom. The maximum Gasteiger partial charge on any atom is 0.227 e. The lowest BCUT2D eigenvalue weighted by Gasteiger charge is -2.26. The van der Waals surface area contributed by atoms with E-state index in [-0.39, 0.29) is 30.3 Å². The molecule has 0 saturated carbocycles. The van der Waals surface area contributed by atoms with Crippen molar-refractivity contribution in [1.29, 1.82) is 0 Å². The van der Waals surface area contributed by atoms with Gasteiger partial charge in [0.15, 0.2) is 0 Å². The maximum absolute atomic E-state index is 12.2. The van der Waals surface area contributed by atoms with Gasteiger partial charge in [-0.05, 0) is 17.7 Å². The van der Waals surface area contributed by atoms with Crippen LogP contribution in [0.15, 0.2) is 24.3 Å². The summed E-state index contributed by atoms with van der Waals surface area (Å²) in [6.45, 7) is 3.53. The molecule has 144 valence electrons. The predicted octanol–water partition coefficient (Wildman–Crippen LogP) is 1.54. The third-order valence-electron chi connectivity index (χ3n) is 4.39. The Kier molecular flexibility index (Phi) is 8.71. The van der Waals surface area contributed by atoms with E-state index in [1.807, 2.05) is 40.9 Å². The van der Waals surface area contributed by atoms with Gasteiger partial charge in [0, 0.05) is 49.3 Å². The first-order valence-electron chi connectivity index (χ1n) is 8.76. The van der Waals surface area contributed by atoms with E-state index in [1.165, 1.54) is 0 Å². The number of nitrogens with one attached hydrogen (secondary N) is 2. The number of hydrogen-bond acceptors (Lipinski definition) is 5. The topological polar surface area (TPSA) is 70.7 Å². The van der Waals surface area contributed by atoms with Gasteiger partial charge in [-0.3, -0.25) is 9.59 Å². The van der Waals surface area contributed by atoms with Crippen molar-refractivity contribution in [2.24, 2.45) is 0 Å². The Morgan fingerprint density at radius 3 is 2.62 bits per heavy atom. The first-order valence-corrected chi connectivity index (χ1v) is 9.91. The number of benzene rings is 1. The summed E-state index contributed by atoms with van der Waals surface area (Å²) < 4.78 is 5.27. The minimum absolute atomic E-state index is 0. The van der Waals surface area contributed by atoms with Crippen molar-refractivity contribution in [2.75, 3.05) is 49.7 Å². The van der Waals surface area contributed by atoms with Gasteiger partial charge in [0.2, 0.25) is 11.8 Å². The molecular weight excluding hydrogens is 374 g/mol. The van der Waals surface area contributed by atoms with Crippen molar-refractivity contribution in [3.63, 3.8) is 0 Å². The van der Waals surface area contributed by atoms with Crippen LogP contribution in [0.1, 0.15) is 12.0 Å². The summed E-state index contributed by atoms with van der Waals surface area (Å²) in [5.74, 6) is 2.25. The highest BCUT2D eigenvalue weighted by atomic mass is 35.5. The van der Waals surface area contributed by atoms with Gasteiger partial charge in [-0.25, -0.2) is 0 Å². The molecule has 26 heavy (non-hydrogen) atoms. The molecular formula is C18H26ClN3O3S. The first kappa shape index (κ1) is 21.0. The maximum atomic E-state index is 12.2. The Bertz CT molecular complexity index is 588. The lowest BCUT2D eigenvalue weighted by atomic mass is 10.1. The number of anilines is 1. The van der Waals surface area contributed by atoms with Gasteiger partial charge >= 0.3 is 0 Å². The molecule has 0 bridgehead atoms. The van der Waals surface area contributed by atoms with Crippen molar-refractivity contribution in [2.45, 2.75) is 18.9 Å². The van der Waals surface area contributed by atoms with Crippen molar-refractivity contribution < 1.29 is 14.3 Å². The van der Waals surface area contributed by atoms with E-state index in [4.69, 9.17) is 4.74 Å². The van der Waals surface area contributed by atoms with Gasteiger partial charge in [0.25, 0.3) is 0 Å². The van der Waals surface area contributed by atoms with Crippen LogP contribution in [0.4, 0.5) is 5.69 Å². The van der Waals surface area contributed by atoms with Crippen molar-refractivity contribution in [1.82, 2.24) is 10.2 Å². The van der Waals surface area contributed by atoms with E-state index in [1.54, 1.807) is 0 Å². The molecule has 0 radical (unpaired) electrons. The summed E-state index contributed by atoms with van der Waals surface area (Å²) in [5, 5.41) is 6.30. The van der Waals surface area contributed by atoms with Crippen LogP contribution in [0.3, 0.4) is 0 Å². The van der Waals surface area contributed by atoms with Crippen molar-refractivity contribution in [3.8, 4) is 0 Å². The molecule has 8 heteroatoms. The van der Waals surface area contributed by atoms with Gasteiger partial charge in [-0.2, -0.15) is 11.8 Å². The molecule has 6 nitrogen and oxygen atoms in total. The fourth-order valence-electron chi connectivity index (χ4n) is 2.99. The molecule has 2 aliphatic rings. The number of rotatable bonds is 5. The minimum atomic E-state index is 0.